The predicted octanol–water partition coefficient (Wildman–Crippen LogP) is 2.02. The number of nitro groups is 2. The molecule has 11 heteroatoms. The quantitative estimate of drug-likeness (QED) is 0.397. The van der Waals surface area contributed by atoms with Gasteiger partial charge < -0.3 is 4.74 Å². The van der Waals surface area contributed by atoms with Crippen LogP contribution in [0.3, 0.4) is 0 Å². The van der Waals surface area contributed by atoms with E-state index in [9.17, 15) is 25.0 Å². The lowest BCUT2D eigenvalue weighted by Crippen LogP contribution is -2.10. The molecule has 0 atom stereocenters. The maximum atomic E-state index is 11.7. The number of benzene rings is 2. The molecule has 0 aliphatic heterocycles. The normalized spacial score (nSPS) is 10.6. The van der Waals surface area contributed by atoms with Crippen LogP contribution in [-0.4, -0.2) is 37.9 Å². The highest BCUT2D eigenvalue weighted by molar-refractivity contribution is 5.93. The molecule has 0 amide bonds. The molecule has 3 rings (SSSR count). The van der Waals surface area contributed by atoms with Crippen LogP contribution in [0, 0.1) is 20.2 Å². The molecule has 1 heterocycles. The fourth-order valence-electron chi connectivity index (χ4n) is 2.37. The lowest BCUT2D eigenvalue weighted by Gasteiger charge is -2.07. The molecule has 25 heavy (non-hydrogen) atoms. The molecule has 0 fully saturated rings. The highest BCUT2D eigenvalue weighted by Crippen LogP contribution is 2.35. The van der Waals surface area contributed by atoms with Crippen LogP contribution in [0.2, 0.25) is 0 Å². The largest absolute Gasteiger partial charge is 0.465 e. The fourth-order valence-corrected chi connectivity index (χ4v) is 2.37. The minimum absolute atomic E-state index is 0.311. The zero-order chi connectivity index (χ0) is 18.1. The van der Waals surface area contributed by atoms with Crippen LogP contribution in [-0.2, 0) is 4.74 Å². The van der Waals surface area contributed by atoms with Gasteiger partial charge >= 0.3 is 17.3 Å². The molecule has 1 aromatic heterocycles. The molecule has 11 nitrogen and oxygen atoms in total. The Morgan fingerprint density at radius 2 is 1.72 bits per heavy atom. The Kier molecular flexibility index (Phi) is 3.81. The van der Waals surface area contributed by atoms with Gasteiger partial charge in [0.25, 0.3) is 0 Å². The van der Waals surface area contributed by atoms with Crippen LogP contribution in [0.25, 0.3) is 16.7 Å². The number of carbonyl (C=O) groups is 1. The van der Waals surface area contributed by atoms with Crippen molar-refractivity contribution in [2.75, 3.05) is 7.11 Å². The maximum absolute atomic E-state index is 11.7. The minimum atomic E-state index is -0.929. The third-order valence-corrected chi connectivity index (χ3v) is 3.45. The van der Waals surface area contributed by atoms with Crippen molar-refractivity contribution in [1.29, 1.82) is 0 Å². The first-order valence-electron chi connectivity index (χ1n) is 6.80. The predicted molar refractivity (Wildman–Crippen MR) is 83.5 cm³/mol. The molecule has 0 radical (unpaired) electrons. The van der Waals surface area contributed by atoms with Crippen molar-refractivity contribution in [1.82, 2.24) is 15.0 Å². The van der Waals surface area contributed by atoms with Crippen molar-refractivity contribution < 1.29 is 19.4 Å². The second-order valence-corrected chi connectivity index (χ2v) is 4.86. The fraction of sp³-hybridized carbons (Fsp3) is 0.0714. The highest BCUT2D eigenvalue weighted by Gasteiger charge is 2.32. The van der Waals surface area contributed by atoms with Gasteiger partial charge in [-0.2, -0.15) is 4.68 Å². The van der Waals surface area contributed by atoms with E-state index in [1.54, 1.807) is 24.3 Å². The number of carbonyl (C=O) groups excluding carboxylic acids is 1. The van der Waals surface area contributed by atoms with Crippen molar-refractivity contribution >= 4 is 28.4 Å². The molecule has 126 valence electrons. The summed E-state index contributed by atoms with van der Waals surface area (Å²) in [6, 6.07) is 8.32. The van der Waals surface area contributed by atoms with Crippen molar-refractivity contribution in [3.63, 3.8) is 0 Å². The first-order valence-corrected chi connectivity index (χ1v) is 6.80. The Balaban J connectivity index is 2.40. The van der Waals surface area contributed by atoms with E-state index in [-0.39, 0.29) is 5.56 Å². The molecular weight excluding hydrogens is 334 g/mol. The van der Waals surface area contributed by atoms with Crippen LogP contribution in [0.15, 0.2) is 36.4 Å². The molecule has 2 aromatic carbocycles. The average molecular weight is 343 g/mol. The summed E-state index contributed by atoms with van der Waals surface area (Å²) >= 11 is 0. The second kappa shape index (κ2) is 5.96. The molecule has 0 saturated heterocycles. The Hall–Kier alpha value is -3.89. The smallest absolute Gasteiger partial charge is 0.338 e. The van der Waals surface area contributed by atoms with E-state index in [0.717, 1.165) is 23.9 Å². The monoisotopic (exact) mass is 343 g/mol. The molecule has 0 unspecified atom stereocenters. The van der Waals surface area contributed by atoms with Gasteiger partial charge in [-0.15, -0.1) is 5.10 Å². The first kappa shape index (κ1) is 16.0. The van der Waals surface area contributed by atoms with Crippen LogP contribution < -0.4 is 0 Å². The number of aromatic nitrogens is 3. The lowest BCUT2D eigenvalue weighted by molar-refractivity contribution is -0.393. The molecule has 0 bridgehead atoms. The van der Waals surface area contributed by atoms with Crippen LogP contribution in [0.1, 0.15) is 10.4 Å². The van der Waals surface area contributed by atoms with Gasteiger partial charge in [0, 0.05) is 12.1 Å². The molecular formula is C14H9N5O6. The summed E-state index contributed by atoms with van der Waals surface area (Å²) in [4.78, 5) is 32.9. The summed E-state index contributed by atoms with van der Waals surface area (Å²) in [5.74, 6) is -0.929. The third-order valence-electron chi connectivity index (χ3n) is 3.45. The van der Waals surface area contributed by atoms with Gasteiger partial charge in [0.1, 0.15) is 5.52 Å². The number of methoxy groups -OCH3 is 1. The standard InChI is InChI=1S/C14H9N5O6/c1-25-14(20)8-6-11(18(21)22)13(12(7-8)19(23)24)17-10-5-3-2-4-9(10)15-16-17/h2-7H,1H3. The van der Waals surface area contributed by atoms with E-state index < -0.39 is 32.9 Å². The van der Waals surface area contributed by atoms with Gasteiger partial charge in [-0.3, -0.25) is 20.2 Å². The summed E-state index contributed by atoms with van der Waals surface area (Å²) in [5.41, 5.74) is -1.27. The Bertz CT molecular complexity index is 992. The molecule has 0 N–H and O–H groups in total. The van der Waals surface area contributed by atoms with Gasteiger partial charge in [-0.25, -0.2) is 4.79 Å². The van der Waals surface area contributed by atoms with Gasteiger partial charge in [0.05, 0.1) is 28.0 Å². The van der Waals surface area contributed by atoms with Gasteiger partial charge in [0.15, 0.2) is 0 Å². The SMILES string of the molecule is COC(=O)c1cc([N+](=O)[O-])c(-n2nnc3ccccc32)c([N+](=O)[O-])c1. The highest BCUT2D eigenvalue weighted by atomic mass is 16.6. The van der Waals surface area contributed by atoms with Crippen LogP contribution >= 0.6 is 0 Å². The van der Waals surface area contributed by atoms with E-state index in [0.29, 0.717) is 11.0 Å². The topological polar surface area (TPSA) is 143 Å². The zero-order valence-corrected chi connectivity index (χ0v) is 12.6. The number of nitro benzene ring substituents is 2. The average Bonchev–Trinajstić information content (AvgIpc) is 3.03. The van der Waals surface area contributed by atoms with E-state index in [1.165, 1.54) is 0 Å². The molecule has 0 aliphatic carbocycles. The van der Waals surface area contributed by atoms with Gasteiger partial charge in [0.2, 0.25) is 5.69 Å². The van der Waals surface area contributed by atoms with E-state index >= 15 is 0 Å². The van der Waals surface area contributed by atoms with E-state index in [2.05, 4.69) is 15.0 Å². The number of fused-ring (bicyclic) bond motifs is 1. The molecule has 3 aromatic rings. The summed E-state index contributed by atoms with van der Waals surface area (Å²) in [5, 5.41) is 30.6. The van der Waals surface area contributed by atoms with Crippen LogP contribution in [0.4, 0.5) is 11.4 Å². The lowest BCUT2D eigenvalue weighted by atomic mass is 10.1. The Morgan fingerprint density at radius 3 is 2.28 bits per heavy atom. The second-order valence-electron chi connectivity index (χ2n) is 4.86. The van der Waals surface area contributed by atoms with E-state index in [4.69, 9.17) is 0 Å². The minimum Gasteiger partial charge on any atom is -0.465 e. The summed E-state index contributed by atoms with van der Waals surface area (Å²) in [6.07, 6.45) is 0. The van der Waals surface area contributed by atoms with Crippen molar-refractivity contribution in [3.05, 3.63) is 62.2 Å². The first-order chi connectivity index (χ1) is 11.9. The molecule has 0 aliphatic rings. The summed E-state index contributed by atoms with van der Waals surface area (Å²) < 4.78 is 5.49. The third kappa shape index (κ3) is 2.63. The molecule has 0 saturated carbocycles. The number of hydrogen-bond donors (Lipinski definition) is 0. The summed E-state index contributed by atoms with van der Waals surface area (Å²) in [7, 11) is 1.07. The number of hydrogen-bond acceptors (Lipinski definition) is 8. The summed E-state index contributed by atoms with van der Waals surface area (Å²) in [6.45, 7) is 0. The van der Waals surface area contributed by atoms with Gasteiger partial charge in [-0.05, 0) is 12.1 Å². The number of para-hydroxylation sites is 1. The number of nitrogens with zero attached hydrogens (tertiary/aromatic N) is 5. The Morgan fingerprint density at radius 1 is 1.12 bits per heavy atom. The number of esters is 1. The van der Waals surface area contributed by atoms with E-state index in [1.807, 2.05) is 0 Å². The van der Waals surface area contributed by atoms with Crippen molar-refractivity contribution in [3.8, 4) is 5.69 Å². The molecule has 0 spiro atoms. The van der Waals surface area contributed by atoms with Crippen molar-refractivity contribution in [2.24, 2.45) is 0 Å². The van der Waals surface area contributed by atoms with Crippen LogP contribution in [0.5, 0.6) is 0 Å². The van der Waals surface area contributed by atoms with Gasteiger partial charge in [-0.1, -0.05) is 17.3 Å². The van der Waals surface area contributed by atoms with Crippen molar-refractivity contribution in [2.45, 2.75) is 0 Å². The number of ether oxygens (including phenoxy) is 1. The maximum Gasteiger partial charge on any atom is 0.338 e. The number of rotatable bonds is 4. The zero-order valence-electron chi connectivity index (χ0n) is 12.6. The Labute approximate surface area is 138 Å².